The van der Waals surface area contributed by atoms with E-state index in [-0.39, 0.29) is 13.8 Å². The standard InChI is InChI=1S/C9H8BrClF4N2O2S/c1-17(3-9(13,14)15)20(18,19)5-2-4(11)6(10)8(16)7(5)12/h2H,3,16H2,1H3. The summed E-state index contributed by atoms with van der Waals surface area (Å²) in [6, 6.07) is 0.694. The highest BCUT2D eigenvalue weighted by Gasteiger charge is 2.36. The van der Waals surface area contributed by atoms with Gasteiger partial charge in [-0.15, -0.1) is 0 Å². The van der Waals surface area contributed by atoms with Crippen LogP contribution in [0.5, 0.6) is 0 Å². The third kappa shape index (κ3) is 3.54. The molecule has 1 aromatic rings. The van der Waals surface area contributed by atoms with Crippen LogP contribution in [0.3, 0.4) is 0 Å². The summed E-state index contributed by atoms with van der Waals surface area (Å²) in [5.74, 6) is -1.37. The Labute approximate surface area is 125 Å². The Morgan fingerprint density at radius 1 is 1.45 bits per heavy atom. The largest absolute Gasteiger partial charge is 0.402 e. The monoisotopic (exact) mass is 398 g/mol. The zero-order chi connectivity index (χ0) is 15.9. The van der Waals surface area contributed by atoms with Gasteiger partial charge in [-0.1, -0.05) is 11.6 Å². The van der Waals surface area contributed by atoms with E-state index in [9.17, 15) is 26.0 Å². The highest BCUT2D eigenvalue weighted by atomic mass is 79.9. The van der Waals surface area contributed by atoms with E-state index in [0.29, 0.717) is 13.1 Å². The third-order valence-electron chi connectivity index (χ3n) is 2.25. The van der Waals surface area contributed by atoms with Crippen LogP contribution in [-0.4, -0.2) is 32.5 Å². The van der Waals surface area contributed by atoms with Gasteiger partial charge >= 0.3 is 6.18 Å². The molecule has 0 spiro atoms. The van der Waals surface area contributed by atoms with Gasteiger partial charge in [0.05, 0.1) is 15.2 Å². The molecule has 1 rings (SSSR count). The second-order valence-corrected chi connectivity index (χ2v) is 6.99. The van der Waals surface area contributed by atoms with Crippen LogP contribution in [-0.2, 0) is 10.0 Å². The fourth-order valence-corrected chi connectivity index (χ4v) is 3.11. The van der Waals surface area contributed by atoms with Crippen molar-refractivity contribution in [1.82, 2.24) is 4.31 Å². The zero-order valence-electron chi connectivity index (χ0n) is 9.80. The SMILES string of the molecule is CN(CC(F)(F)F)S(=O)(=O)c1cc(Cl)c(Br)c(N)c1F. The number of sulfonamides is 1. The van der Waals surface area contributed by atoms with Crippen molar-refractivity contribution in [2.24, 2.45) is 0 Å². The molecular weight excluding hydrogens is 392 g/mol. The second-order valence-electron chi connectivity index (χ2n) is 3.77. The molecule has 11 heteroatoms. The molecule has 0 atom stereocenters. The summed E-state index contributed by atoms with van der Waals surface area (Å²) in [5.41, 5.74) is 4.70. The van der Waals surface area contributed by atoms with Crippen molar-refractivity contribution in [3.05, 3.63) is 21.4 Å². The molecule has 4 nitrogen and oxygen atoms in total. The average molecular weight is 400 g/mol. The van der Waals surface area contributed by atoms with E-state index < -0.39 is 39.1 Å². The van der Waals surface area contributed by atoms with Gasteiger partial charge in [0.1, 0.15) is 11.4 Å². The predicted octanol–water partition coefficient (Wildman–Crippen LogP) is 3.01. The first-order chi connectivity index (χ1) is 8.88. The summed E-state index contributed by atoms with van der Waals surface area (Å²) in [4.78, 5) is -1.02. The molecule has 0 saturated heterocycles. The van der Waals surface area contributed by atoms with E-state index in [4.69, 9.17) is 17.3 Å². The van der Waals surface area contributed by atoms with Gasteiger partial charge in [-0.2, -0.15) is 17.5 Å². The van der Waals surface area contributed by atoms with Gasteiger partial charge in [-0.3, -0.25) is 0 Å². The number of rotatable bonds is 3. The van der Waals surface area contributed by atoms with Crippen molar-refractivity contribution in [3.63, 3.8) is 0 Å². The maximum atomic E-state index is 13.8. The number of anilines is 1. The van der Waals surface area contributed by atoms with E-state index in [1.807, 2.05) is 0 Å². The van der Waals surface area contributed by atoms with Crippen LogP contribution in [0, 0.1) is 5.82 Å². The number of benzene rings is 1. The van der Waals surface area contributed by atoms with Crippen LogP contribution in [0.4, 0.5) is 23.2 Å². The summed E-state index contributed by atoms with van der Waals surface area (Å²) >= 11 is 8.47. The van der Waals surface area contributed by atoms with Crippen molar-refractivity contribution < 1.29 is 26.0 Å². The Kier molecular flexibility index (Phi) is 4.95. The Hall–Kier alpha value is -0.580. The summed E-state index contributed by atoms with van der Waals surface area (Å²) < 4.78 is 74.2. The number of nitrogens with two attached hydrogens (primary N) is 1. The summed E-state index contributed by atoms with van der Waals surface area (Å²) in [7, 11) is -4.04. The van der Waals surface area contributed by atoms with Crippen molar-refractivity contribution in [2.75, 3.05) is 19.3 Å². The molecule has 0 fully saturated rings. The maximum Gasteiger partial charge on any atom is 0.402 e. The number of alkyl halides is 3. The number of hydrogen-bond acceptors (Lipinski definition) is 3. The van der Waals surface area contributed by atoms with Gasteiger partial charge in [0, 0.05) is 7.05 Å². The average Bonchev–Trinajstić information content (AvgIpc) is 2.28. The van der Waals surface area contributed by atoms with Crippen molar-refractivity contribution in [3.8, 4) is 0 Å². The maximum absolute atomic E-state index is 13.8. The Morgan fingerprint density at radius 2 is 1.95 bits per heavy atom. The first-order valence-electron chi connectivity index (χ1n) is 4.84. The molecule has 1 aromatic carbocycles. The third-order valence-corrected chi connectivity index (χ3v) is 5.43. The van der Waals surface area contributed by atoms with Crippen LogP contribution >= 0.6 is 27.5 Å². The molecule has 20 heavy (non-hydrogen) atoms. The Morgan fingerprint density at radius 3 is 2.40 bits per heavy atom. The number of halogens is 6. The van der Waals surface area contributed by atoms with Crippen molar-refractivity contribution >= 4 is 43.2 Å². The minimum atomic E-state index is -4.76. The van der Waals surface area contributed by atoms with E-state index in [1.165, 1.54) is 0 Å². The number of nitrogens with zero attached hydrogens (tertiary/aromatic N) is 1. The minimum absolute atomic E-state index is 0.0327. The molecule has 0 aromatic heterocycles. The van der Waals surface area contributed by atoms with Gasteiger partial charge in [0.25, 0.3) is 0 Å². The Balaban J connectivity index is 3.37. The van der Waals surface area contributed by atoms with Crippen LogP contribution < -0.4 is 5.73 Å². The highest BCUT2D eigenvalue weighted by molar-refractivity contribution is 9.10. The topological polar surface area (TPSA) is 63.4 Å². The van der Waals surface area contributed by atoms with Crippen molar-refractivity contribution in [1.29, 1.82) is 0 Å². The first kappa shape index (κ1) is 17.5. The molecule has 0 unspecified atom stereocenters. The predicted molar refractivity (Wildman–Crippen MR) is 69.4 cm³/mol. The lowest BCUT2D eigenvalue weighted by Crippen LogP contribution is -2.36. The molecule has 0 aliphatic heterocycles. The van der Waals surface area contributed by atoms with Crippen molar-refractivity contribution in [2.45, 2.75) is 11.1 Å². The summed E-state index contributed by atoms with van der Waals surface area (Å²) in [5, 5.41) is -0.233. The van der Waals surface area contributed by atoms with Crippen LogP contribution in [0.1, 0.15) is 0 Å². The molecule has 2 N–H and O–H groups in total. The van der Waals surface area contributed by atoms with Gasteiger partial charge in [-0.05, 0) is 22.0 Å². The fraction of sp³-hybridized carbons (Fsp3) is 0.333. The van der Waals surface area contributed by atoms with Crippen LogP contribution in [0.15, 0.2) is 15.4 Å². The van der Waals surface area contributed by atoms with E-state index in [1.54, 1.807) is 0 Å². The quantitative estimate of drug-likeness (QED) is 0.483. The number of nitrogen functional groups attached to an aromatic ring is 1. The molecule has 0 aliphatic rings. The van der Waals surface area contributed by atoms with Gasteiger partial charge in [0.2, 0.25) is 10.0 Å². The molecule has 0 radical (unpaired) electrons. The van der Waals surface area contributed by atoms with Gasteiger partial charge in [0.15, 0.2) is 5.82 Å². The Bertz CT molecular complexity index is 636. The van der Waals surface area contributed by atoms with E-state index in [0.717, 1.165) is 0 Å². The van der Waals surface area contributed by atoms with Crippen LogP contribution in [0.2, 0.25) is 5.02 Å². The molecule has 0 bridgehead atoms. The van der Waals surface area contributed by atoms with E-state index in [2.05, 4.69) is 15.9 Å². The lowest BCUT2D eigenvalue weighted by atomic mass is 10.3. The lowest BCUT2D eigenvalue weighted by Gasteiger charge is -2.20. The molecular formula is C9H8BrClF4N2O2S. The first-order valence-corrected chi connectivity index (χ1v) is 7.45. The molecule has 0 amide bonds. The normalized spacial score (nSPS) is 13.0. The fourth-order valence-electron chi connectivity index (χ4n) is 1.29. The molecule has 114 valence electrons. The van der Waals surface area contributed by atoms with Crippen LogP contribution in [0.25, 0.3) is 0 Å². The highest BCUT2D eigenvalue weighted by Crippen LogP contribution is 2.35. The zero-order valence-corrected chi connectivity index (χ0v) is 13.0. The smallest absolute Gasteiger partial charge is 0.395 e. The molecule has 0 aliphatic carbocycles. The number of hydrogen-bond donors (Lipinski definition) is 1. The summed E-state index contributed by atoms with van der Waals surface area (Å²) in [6.45, 7) is -1.76. The van der Waals surface area contributed by atoms with E-state index >= 15 is 0 Å². The van der Waals surface area contributed by atoms with Gasteiger partial charge in [-0.25, -0.2) is 12.8 Å². The molecule has 0 saturated carbocycles. The second kappa shape index (κ2) is 5.66. The van der Waals surface area contributed by atoms with Gasteiger partial charge < -0.3 is 5.73 Å². The minimum Gasteiger partial charge on any atom is -0.395 e. The summed E-state index contributed by atoms with van der Waals surface area (Å²) in [6.07, 6.45) is -4.76. The lowest BCUT2D eigenvalue weighted by molar-refractivity contribution is -0.134. The molecule has 0 heterocycles.